The van der Waals surface area contributed by atoms with Crippen LogP contribution in [0.25, 0.3) is 33.2 Å². The zero-order valence-corrected chi connectivity index (χ0v) is 20.1. The van der Waals surface area contributed by atoms with Gasteiger partial charge in [-0.3, -0.25) is 10.0 Å². The van der Waals surface area contributed by atoms with Crippen molar-refractivity contribution in [2.24, 2.45) is 0 Å². The number of unbranched alkanes of at least 4 members (excludes halogenated alkanes) is 3. The zero-order valence-electron chi connectivity index (χ0n) is 19.3. The predicted molar refractivity (Wildman–Crippen MR) is 137 cm³/mol. The quantitative estimate of drug-likeness (QED) is 0.131. The topological polar surface area (TPSA) is 111 Å². The molecule has 4 rings (SSSR count). The molecular formula is C27H29N3O4S. The first-order valence-corrected chi connectivity index (χ1v) is 13.2. The molecule has 0 bridgehead atoms. The highest BCUT2D eigenvalue weighted by Crippen LogP contribution is 2.30. The van der Waals surface area contributed by atoms with Crippen molar-refractivity contribution in [3.05, 3.63) is 79.0 Å². The van der Waals surface area contributed by atoms with Crippen molar-refractivity contribution in [1.29, 1.82) is 0 Å². The normalized spacial score (nSPS) is 11.6. The Morgan fingerprint density at radius 2 is 1.54 bits per heavy atom. The summed E-state index contributed by atoms with van der Waals surface area (Å²) in [5.41, 5.74) is 6.31. The number of amides is 1. The van der Waals surface area contributed by atoms with Crippen LogP contribution in [-0.4, -0.2) is 31.1 Å². The Labute approximate surface area is 205 Å². The number of hydrogen-bond acceptors (Lipinski definition) is 4. The van der Waals surface area contributed by atoms with Crippen LogP contribution in [-0.2, 0) is 14.8 Å². The molecule has 0 aliphatic carbocycles. The van der Waals surface area contributed by atoms with E-state index in [1.165, 1.54) is 0 Å². The van der Waals surface area contributed by atoms with Crippen molar-refractivity contribution in [3.8, 4) is 22.3 Å². The van der Waals surface area contributed by atoms with E-state index in [1.807, 2.05) is 48.7 Å². The molecule has 1 heterocycles. The number of aromatic nitrogens is 1. The fourth-order valence-corrected chi connectivity index (χ4v) is 5.42. The number of fused-ring (bicyclic) bond motifs is 1. The molecule has 0 aliphatic rings. The number of aromatic amines is 1. The van der Waals surface area contributed by atoms with E-state index in [0.29, 0.717) is 24.9 Å². The molecular weight excluding hydrogens is 462 g/mol. The van der Waals surface area contributed by atoms with Crippen molar-refractivity contribution in [1.82, 2.24) is 15.2 Å². The lowest BCUT2D eigenvalue weighted by Gasteiger charge is -2.12. The van der Waals surface area contributed by atoms with Gasteiger partial charge in [0, 0.05) is 30.2 Å². The Kier molecular flexibility index (Phi) is 7.97. The molecule has 0 unspecified atom stereocenters. The summed E-state index contributed by atoms with van der Waals surface area (Å²) in [4.78, 5) is 14.5. The molecule has 3 aromatic carbocycles. The summed E-state index contributed by atoms with van der Waals surface area (Å²) in [5.74, 6) is -0.406. The maximum Gasteiger partial charge on any atom is 0.243 e. The van der Waals surface area contributed by atoms with Crippen molar-refractivity contribution in [2.45, 2.75) is 37.0 Å². The molecule has 0 radical (unpaired) electrons. The van der Waals surface area contributed by atoms with Gasteiger partial charge in [0.2, 0.25) is 15.9 Å². The summed E-state index contributed by atoms with van der Waals surface area (Å²) >= 11 is 0. The molecule has 4 N–H and O–H groups in total. The zero-order chi connectivity index (χ0) is 24.7. The van der Waals surface area contributed by atoms with Gasteiger partial charge in [0.15, 0.2) is 0 Å². The maximum atomic E-state index is 13.0. The fraction of sp³-hybridized carbons (Fsp3) is 0.222. The van der Waals surface area contributed by atoms with Crippen LogP contribution in [0.4, 0.5) is 0 Å². The molecule has 1 aromatic heterocycles. The Bertz CT molecular complexity index is 1400. The number of H-pyrrole nitrogens is 1. The number of carbonyl (C=O) groups is 1. The third-order valence-electron chi connectivity index (χ3n) is 6.01. The van der Waals surface area contributed by atoms with Crippen LogP contribution in [0.5, 0.6) is 0 Å². The Hall–Kier alpha value is -3.46. The molecule has 0 saturated carbocycles. The van der Waals surface area contributed by atoms with E-state index in [-0.39, 0.29) is 11.3 Å². The Balaban J connectivity index is 1.42. The van der Waals surface area contributed by atoms with Gasteiger partial charge in [0.1, 0.15) is 0 Å². The lowest BCUT2D eigenvalue weighted by Crippen LogP contribution is -2.25. The summed E-state index contributed by atoms with van der Waals surface area (Å²) in [7, 11) is -3.68. The SMILES string of the molecule is O=C(CCCCCCNS(=O)(=O)c1ccccc1-c1ccc(-c2ccc3cc[nH]c3c2)cc1)NO. The second-order valence-electron chi connectivity index (χ2n) is 8.45. The third kappa shape index (κ3) is 6.16. The van der Waals surface area contributed by atoms with Gasteiger partial charge < -0.3 is 4.98 Å². The predicted octanol–water partition coefficient (Wildman–Crippen LogP) is 5.24. The van der Waals surface area contributed by atoms with Crippen molar-refractivity contribution >= 4 is 26.8 Å². The highest BCUT2D eigenvalue weighted by molar-refractivity contribution is 7.89. The van der Waals surface area contributed by atoms with Crippen molar-refractivity contribution in [2.75, 3.05) is 6.54 Å². The van der Waals surface area contributed by atoms with Gasteiger partial charge >= 0.3 is 0 Å². The summed E-state index contributed by atoms with van der Waals surface area (Å²) in [5, 5.41) is 9.65. The average molecular weight is 492 g/mol. The Morgan fingerprint density at radius 1 is 0.829 bits per heavy atom. The van der Waals surface area contributed by atoms with Crippen molar-refractivity contribution < 1.29 is 18.4 Å². The first kappa shape index (κ1) is 24.7. The fourth-order valence-electron chi connectivity index (χ4n) is 4.11. The molecule has 0 spiro atoms. The first-order chi connectivity index (χ1) is 17.0. The molecule has 4 aromatic rings. The molecule has 0 fully saturated rings. The van der Waals surface area contributed by atoms with Gasteiger partial charge in [0.25, 0.3) is 0 Å². The van der Waals surface area contributed by atoms with Crippen LogP contribution in [0.1, 0.15) is 32.1 Å². The minimum Gasteiger partial charge on any atom is -0.361 e. The number of benzene rings is 3. The third-order valence-corrected chi connectivity index (χ3v) is 7.53. The van der Waals surface area contributed by atoms with Crippen LogP contribution in [0.3, 0.4) is 0 Å². The van der Waals surface area contributed by atoms with Crippen LogP contribution in [0, 0.1) is 0 Å². The number of rotatable bonds is 11. The molecule has 182 valence electrons. The number of hydrogen-bond donors (Lipinski definition) is 4. The maximum absolute atomic E-state index is 13.0. The molecule has 1 amide bonds. The second kappa shape index (κ2) is 11.3. The minimum absolute atomic E-state index is 0.250. The van der Waals surface area contributed by atoms with Crippen molar-refractivity contribution in [3.63, 3.8) is 0 Å². The van der Waals surface area contributed by atoms with Gasteiger partial charge in [-0.1, -0.05) is 67.4 Å². The first-order valence-electron chi connectivity index (χ1n) is 11.7. The van der Waals surface area contributed by atoms with Crippen LogP contribution in [0.15, 0.2) is 83.9 Å². The summed E-state index contributed by atoms with van der Waals surface area (Å²) < 4.78 is 28.8. The smallest absolute Gasteiger partial charge is 0.243 e. The standard InChI is InChI=1S/C27H29N3O4S/c31-27(30-32)9-3-1-2-6-17-29-35(33,34)26-8-5-4-7-24(26)21-12-10-20(11-13-21)23-15-14-22-16-18-28-25(22)19-23/h4-5,7-8,10-16,18-19,28-29,32H,1-3,6,9,17H2,(H,30,31). The number of carbonyl (C=O) groups excluding carboxylic acids is 1. The van der Waals surface area contributed by atoms with Crippen LogP contribution >= 0.6 is 0 Å². The van der Waals surface area contributed by atoms with E-state index in [1.54, 1.807) is 17.6 Å². The van der Waals surface area contributed by atoms with E-state index >= 15 is 0 Å². The van der Waals surface area contributed by atoms with Crippen LogP contribution in [0.2, 0.25) is 0 Å². The molecule has 0 aliphatic heterocycles. The largest absolute Gasteiger partial charge is 0.361 e. The van der Waals surface area contributed by atoms with E-state index in [2.05, 4.69) is 27.9 Å². The number of nitrogens with one attached hydrogen (secondary N) is 3. The summed E-state index contributed by atoms with van der Waals surface area (Å²) in [6.07, 6.45) is 5.07. The highest BCUT2D eigenvalue weighted by Gasteiger charge is 2.18. The average Bonchev–Trinajstić information content (AvgIpc) is 3.36. The molecule has 0 saturated heterocycles. The molecule has 0 atom stereocenters. The Morgan fingerprint density at radius 3 is 2.34 bits per heavy atom. The van der Waals surface area contributed by atoms with Gasteiger partial charge in [-0.15, -0.1) is 0 Å². The number of sulfonamides is 1. The van der Waals surface area contributed by atoms with E-state index in [4.69, 9.17) is 5.21 Å². The number of hydroxylamine groups is 1. The molecule has 8 heteroatoms. The summed E-state index contributed by atoms with van der Waals surface area (Å²) in [6, 6.07) is 23.2. The molecule has 35 heavy (non-hydrogen) atoms. The highest BCUT2D eigenvalue weighted by atomic mass is 32.2. The minimum atomic E-state index is -3.68. The van der Waals surface area contributed by atoms with E-state index in [9.17, 15) is 13.2 Å². The molecule has 7 nitrogen and oxygen atoms in total. The second-order valence-corrected chi connectivity index (χ2v) is 10.2. The van der Waals surface area contributed by atoms with E-state index in [0.717, 1.165) is 40.4 Å². The monoisotopic (exact) mass is 491 g/mol. The van der Waals surface area contributed by atoms with Gasteiger partial charge in [-0.25, -0.2) is 18.6 Å². The lowest BCUT2D eigenvalue weighted by molar-refractivity contribution is -0.129. The van der Waals surface area contributed by atoms with E-state index < -0.39 is 15.9 Å². The summed E-state index contributed by atoms with van der Waals surface area (Å²) in [6.45, 7) is 0.322. The lowest BCUT2D eigenvalue weighted by atomic mass is 10.00. The van der Waals surface area contributed by atoms with Gasteiger partial charge in [-0.05, 0) is 53.1 Å². The van der Waals surface area contributed by atoms with Gasteiger partial charge in [-0.2, -0.15) is 0 Å². The van der Waals surface area contributed by atoms with Gasteiger partial charge in [0.05, 0.1) is 4.90 Å². The van der Waals surface area contributed by atoms with Crippen LogP contribution < -0.4 is 10.2 Å².